The topological polar surface area (TPSA) is 50.8 Å². The van der Waals surface area contributed by atoms with Crippen LogP contribution in [0.1, 0.15) is 17.2 Å². The number of nitrogens with zero attached hydrogens (tertiary/aromatic N) is 1. The van der Waals surface area contributed by atoms with E-state index in [4.69, 9.17) is 21.1 Å². The molecule has 0 radical (unpaired) electrons. The van der Waals surface area contributed by atoms with Crippen LogP contribution in [-0.2, 0) is 9.53 Å². The molecule has 0 spiro atoms. The number of benzene rings is 2. The van der Waals surface area contributed by atoms with E-state index in [0.717, 1.165) is 30.0 Å². The van der Waals surface area contributed by atoms with Gasteiger partial charge in [-0.3, -0.25) is 9.69 Å². The van der Waals surface area contributed by atoms with Gasteiger partial charge < -0.3 is 14.8 Å². The summed E-state index contributed by atoms with van der Waals surface area (Å²) in [4.78, 5) is 14.7. The Hall–Kier alpha value is -2.34. The number of amides is 1. The SMILES string of the molecule is COc1ccc(C(CNC(=O)C=Cc2ccccc2Cl)N2CCOCC2)cc1. The number of carbonyl (C=O) groups excluding carboxylic acids is 1. The third-order valence-electron chi connectivity index (χ3n) is 4.78. The van der Waals surface area contributed by atoms with E-state index in [1.807, 2.05) is 42.5 Å². The second-order valence-electron chi connectivity index (χ2n) is 6.54. The molecule has 0 bridgehead atoms. The van der Waals surface area contributed by atoms with Gasteiger partial charge in [-0.2, -0.15) is 0 Å². The van der Waals surface area contributed by atoms with Crippen LogP contribution >= 0.6 is 11.6 Å². The first-order valence-electron chi connectivity index (χ1n) is 9.33. The van der Waals surface area contributed by atoms with Crippen molar-refractivity contribution in [2.45, 2.75) is 6.04 Å². The fourth-order valence-corrected chi connectivity index (χ4v) is 3.40. The summed E-state index contributed by atoms with van der Waals surface area (Å²) in [6, 6.07) is 15.5. The second kappa shape index (κ2) is 10.3. The molecule has 1 aliphatic heterocycles. The smallest absolute Gasteiger partial charge is 0.244 e. The minimum Gasteiger partial charge on any atom is -0.497 e. The Morgan fingerprint density at radius 2 is 1.93 bits per heavy atom. The van der Waals surface area contributed by atoms with Gasteiger partial charge in [0.2, 0.25) is 5.91 Å². The number of rotatable bonds is 7. The maximum Gasteiger partial charge on any atom is 0.244 e. The summed E-state index contributed by atoms with van der Waals surface area (Å²) in [7, 11) is 1.65. The van der Waals surface area contributed by atoms with Gasteiger partial charge in [-0.25, -0.2) is 0 Å². The maximum atomic E-state index is 12.3. The van der Waals surface area contributed by atoms with Crippen LogP contribution in [0.4, 0.5) is 0 Å². The van der Waals surface area contributed by atoms with Gasteiger partial charge in [0.05, 0.1) is 26.4 Å². The molecule has 3 rings (SSSR count). The molecule has 148 valence electrons. The van der Waals surface area contributed by atoms with Crippen LogP contribution < -0.4 is 10.1 Å². The Kier molecular flexibility index (Phi) is 7.48. The number of hydrogen-bond donors (Lipinski definition) is 1. The Morgan fingerprint density at radius 3 is 2.61 bits per heavy atom. The molecule has 2 aromatic rings. The predicted molar refractivity (Wildman–Crippen MR) is 112 cm³/mol. The molecule has 1 atom stereocenters. The van der Waals surface area contributed by atoms with Crippen molar-refractivity contribution in [2.75, 3.05) is 40.0 Å². The van der Waals surface area contributed by atoms with Crippen LogP contribution in [0.2, 0.25) is 5.02 Å². The van der Waals surface area contributed by atoms with Crippen molar-refractivity contribution in [1.82, 2.24) is 10.2 Å². The molecular formula is C22H25ClN2O3. The van der Waals surface area contributed by atoms with E-state index >= 15 is 0 Å². The highest BCUT2D eigenvalue weighted by Gasteiger charge is 2.23. The summed E-state index contributed by atoms with van der Waals surface area (Å²) in [6.07, 6.45) is 3.25. The first kappa shape index (κ1) is 20.4. The van der Waals surface area contributed by atoms with Crippen molar-refractivity contribution < 1.29 is 14.3 Å². The summed E-state index contributed by atoms with van der Waals surface area (Å²) in [5, 5.41) is 3.64. The van der Waals surface area contributed by atoms with E-state index in [2.05, 4.69) is 10.2 Å². The number of morpholine rings is 1. The van der Waals surface area contributed by atoms with E-state index in [0.29, 0.717) is 24.8 Å². The number of halogens is 1. The van der Waals surface area contributed by atoms with Crippen LogP contribution in [0.15, 0.2) is 54.6 Å². The average Bonchev–Trinajstić information content (AvgIpc) is 2.74. The number of nitrogens with one attached hydrogen (secondary N) is 1. The molecule has 0 saturated carbocycles. The van der Waals surface area contributed by atoms with Gasteiger partial charge in [-0.1, -0.05) is 41.9 Å². The van der Waals surface area contributed by atoms with E-state index in [1.165, 1.54) is 6.08 Å². The standard InChI is InChI=1S/C22H25ClN2O3/c1-27-19-9-6-18(7-10-19)21(25-12-14-28-15-13-25)16-24-22(26)11-8-17-4-2-3-5-20(17)23/h2-11,21H,12-16H2,1H3,(H,24,26). The molecule has 1 saturated heterocycles. The molecule has 1 unspecified atom stereocenters. The van der Waals surface area contributed by atoms with Crippen LogP contribution in [-0.4, -0.2) is 50.8 Å². The van der Waals surface area contributed by atoms with Crippen molar-refractivity contribution >= 4 is 23.6 Å². The van der Waals surface area contributed by atoms with Crippen LogP contribution in [0.3, 0.4) is 0 Å². The molecule has 2 aromatic carbocycles. The maximum absolute atomic E-state index is 12.3. The molecule has 1 heterocycles. The summed E-state index contributed by atoms with van der Waals surface area (Å²) >= 11 is 6.13. The Labute approximate surface area is 170 Å². The van der Waals surface area contributed by atoms with E-state index in [-0.39, 0.29) is 11.9 Å². The van der Waals surface area contributed by atoms with Gasteiger partial charge in [-0.15, -0.1) is 0 Å². The molecule has 0 aliphatic carbocycles. The third kappa shape index (κ3) is 5.58. The third-order valence-corrected chi connectivity index (χ3v) is 5.12. The van der Waals surface area contributed by atoms with Crippen molar-refractivity contribution in [1.29, 1.82) is 0 Å². The number of hydrogen-bond acceptors (Lipinski definition) is 4. The lowest BCUT2D eigenvalue weighted by Crippen LogP contribution is -2.43. The van der Waals surface area contributed by atoms with Crippen molar-refractivity contribution in [2.24, 2.45) is 0 Å². The summed E-state index contributed by atoms with van der Waals surface area (Å²) < 4.78 is 10.7. The van der Waals surface area contributed by atoms with Gasteiger partial charge in [0.1, 0.15) is 5.75 Å². The lowest BCUT2D eigenvalue weighted by molar-refractivity contribution is -0.116. The normalized spacial score (nSPS) is 16.1. The lowest BCUT2D eigenvalue weighted by Gasteiger charge is -2.34. The zero-order valence-corrected chi connectivity index (χ0v) is 16.7. The second-order valence-corrected chi connectivity index (χ2v) is 6.94. The Balaban J connectivity index is 1.66. The van der Waals surface area contributed by atoms with Gasteiger partial charge in [0.15, 0.2) is 0 Å². The lowest BCUT2D eigenvalue weighted by atomic mass is 10.0. The summed E-state index contributed by atoms with van der Waals surface area (Å²) in [6.45, 7) is 3.59. The summed E-state index contributed by atoms with van der Waals surface area (Å²) in [5.41, 5.74) is 1.96. The van der Waals surface area contributed by atoms with Gasteiger partial charge in [0.25, 0.3) is 0 Å². The number of carbonyl (C=O) groups is 1. The van der Waals surface area contributed by atoms with Gasteiger partial charge in [-0.05, 0) is 35.4 Å². The monoisotopic (exact) mass is 400 g/mol. The van der Waals surface area contributed by atoms with Crippen molar-refractivity contribution in [3.63, 3.8) is 0 Å². The van der Waals surface area contributed by atoms with E-state index in [9.17, 15) is 4.79 Å². The van der Waals surface area contributed by atoms with E-state index < -0.39 is 0 Å². The quantitative estimate of drug-likeness (QED) is 0.722. The zero-order chi connectivity index (χ0) is 19.8. The van der Waals surface area contributed by atoms with Crippen LogP contribution in [0.25, 0.3) is 6.08 Å². The molecule has 6 heteroatoms. The first-order valence-corrected chi connectivity index (χ1v) is 9.71. The minimum atomic E-state index is -0.147. The van der Waals surface area contributed by atoms with Crippen LogP contribution in [0, 0.1) is 0 Å². The molecule has 1 aliphatic rings. The zero-order valence-electron chi connectivity index (χ0n) is 15.9. The molecule has 5 nitrogen and oxygen atoms in total. The molecular weight excluding hydrogens is 376 g/mol. The molecule has 28 heavy (non-hydrogen) atoms. The van der Waals surface area contributed by atoms with Gasteiger partial charge in [0, 0.05) is 30.7 Å². The molecule has 1 amide bonds. The largest absolute Gasteiger partial charge is 0.497 e. The minimum absolute atomic E-state index is 0.0764. The first-order chi connectivity index (χ1) is 13.7. The Morgan fingerprint density at radius 1 is 1.21 bits per heavy atom. The van der Waals surface area contributed by atoms with E-state index in [1.54, 1.807) is 19.3 Å². The highest BCUT2D eigenvalue weighted by molar-refractivity contribution is 6.32. The van der Waals surface area contributed by atoms with Crippen LogP contribution in [0.5, 0.6) is 5.75 Å². The fourth-order valence-electron chi connectivity index (χ4n) is 3.20. The molecule has 1 N–H and O–H groups in total. The van der Waals surface area contributed by atoms with Gasteiger partial charge >= 0.3 is 0 Å². The van der Waals surface area contributed by atoms with Crippen molar-refractivity contribution in [3.8, 4) is 5.75 Å². The highest BCUT2D eigenvalue weighted by atomic mass is 35.5. The fraction of sp³-hybridized carbons (Fsp3) is 0.318. The number of ether oxygens (including phenoxy) is 2. The Bertz CT molecular complexity index is 802. The molecule has 1 fully saturated rings. The van der Waals surface area contributed by atoms with Crippen molar-refractivity contribution in [3.05, 3.63) is 70.8 Å². The average molecular weight is 401 g/mol. The predicted octanol–water partition coefficient (Wildman–Crippen LogP) is 3.55. The summed E-state index contributed by atoms with van der Waals surface area (Å²) in [5.74, 6) is 0.669. The molecule has 0 aromatic heterocycles. The number of methoxy groups -OCH3 is 1. The highest BCUT2D eigenvalue weighted by Crippen LogP contribution is 2.23.